The highest BCUT2D eigenvalue weighted by molar-refractivity contribution is 7.99. The van der Waals surface area contributed by atoms with Gasteiger partial charge in [-0.05, 0) is 5.25 Å². The van der Waals surface area contributed by atoms with Crippen molar-refractivity contribution in [1.82, 2.24) is 16.0 Å². The van der Waals surface area contributed by atoms with Gasteiger partial charge in [-0.3, -0.25) is 19.2 Å². The van der Waals surface area contributed by atoms with E-state index in [2.05, 4.69) is 16.0 Å². The quantitative estimate of drug-likeness (QED) is 0.328. The minimum absolute atomic E-state index is 0.0369. The van der Waals surface area contributed by atoms with Gasteiger partial charge >= 0.3 is 0 Å². The average molecular weight is 403 g/mol. The summed E-state index contributed by atoms with van der Waals surface area (Å²) in [7, 11) is 0. The molecule has 0 aromatic carbocycles. The topological polar surface area (TPSA) is 130 Å². The molecule has 0 rings (SSSR count). The lowest BCUT2D eigenvalue weighted by Gasteiger charge is -2.13. The summed E-state index contributed by atoms with van der Waals surface area (Å²) in [6.45, 7) is 8.43. The number of nitrogens with one attached hydrogen (secondary N) is 3. The van der Waals surface area contributed by atoms with E-state index in [-0.39, 0.29) is 55.4 Å². The van der Waals surface area contributed by atoms with E-state index in [9.17, 15) is 19.2 Å². The first-order chi connectivity index (χ1) is 12.6. The molecule has 0 aromatic rings. The Labute approximate surface area is 166 Å². The molecule has 0 unspecified atom stereocenters. The third kappa shape index (κ3) is 14.2. The monoisotopic (exact) mass is 402 g/mol. The van der Waals surface area contributed by atoms with E-state index >= 15 is 0 Å². The molecule has 3 amide bonds. The normalized spacial score (nSPS) is 12.0. The van der Waals surface area contributed by atoms with Crippen LogP contribution >= 0.6 is 11.8 Å². The molecule has 156 valence electrons. The Bertz CT molecular complexity index is 498. The smallest absolute Gasteiger partial charge is 0.237 e. The zero-order valence-corrected chi connectivity index (χ0v) is 17.6. The maximum atomic E-state index is 11.8. The molecule has 27 heavy (non-hydrogen) atoms. The fourth-order valence-corrected chi connectivity index (χ4v) is 2.65. The molecular formula is C18H34N4O4S. The average Bonchev–Trinajstić information content (AvgIpc) is 2.59. The van der Waals surface area contributed by atoms with Crippen LogP contribution in [-0.4, -0.2) is 60.2 Å². The van der Waals surface area contributed by atoms with Crippen molar-refractivity contribution in [2.45, 2.75) is 58.2 Å². The van der Waals surface area contributed by atoms with Crippen LogP contribution in [-0.2, 0) is 19.2 Å². The van der Waals surface area contributed by atoms with E-state index in [1.807, 2.05) is 27.7 Å². The molecule has 0 saturated carbocycles. The maximum absolute atomic E-state index is 11.8. The highest BCUT2D eigenvalue weighted by atomic mass is 32.2. The Balaban J connectivity index is 3.75. The van der Waals surface area contributed by atoms with E-state index < -0.39 is 6.04 Å². The molecule has 5 N–H and O–H groups in total. The van der Waals surface area contributed by atoms with Crippen molar-refractivity contribution in [3.63, 3.8) is 0 Å². The van der Waals surface area contributed by atoms with E-state index in [0.717, 1.165) is 0 Å². The first kappa shape index (κ1) is 25.4. The molecule has 0 radical (unpaired) electrons. The van der Waals surface area contributed by atoms with Crippen molar-refractivity contribution in [2.75, 3.05) is 25.4 Å². The van der Waals surface area contributed by atoms with Crippen LogP contribution in [0.25, 0.3) is 0 Å². The number of amides is 3. The van der Waals surface area contributed by atoms with Gasteiger partial charge in [-0.1, -0.05) is 27.7 Å². The van der Waals surface area contributed by atoms with E-state index in [0.29, 0.717) is 24.0 Å². The molecule has 0 aliphatic carbocycles. The molecule has 0 aliphatic heterocycles. The molecule has 0 aliphatic rings. The van der Waals surface area contributed by atoms with E-state index in [4.69, 9.17) is 5.73 Å². The maximum Gasteiger partial charge on any atom is 0.237 e. The van der Waals surface area contributed by atoms with Gasteiger partial charge in [0, 0.05) is 50.6 Å². The summed E-state index contributed by atoms with van der Waals surface area (Å²) >= 11 is 1.61. The Morgan fingerprint density at radius 2 is 1.30 bits per heavy atom. The lowest BCUT2D eigenvalue weighted by atomic mass is 10.1. The number of hydrogen-bond donors (Lipinski definition) is 4. The summed E-state index contributed by atoms with van der Waals surface area (Å²) in [6, 6.07) is -0.591. The highest BCUT2D eigenvalue weighted by Crippen LogP contribution is 2.09. The second-order valence-electron chi connectivity index (χ2n) is 6.85. The van der Waals surface area contributed by atoms with Gasteiger partial charge < -0.3 is 21.7 Å². The lowest BCUT2D eigenvalue weighted by Crippen LogP contribution is -2.43. The minimum Gasteiger partial charge on any atom is -0.356 e. The van der Waals surface area contributed by atoms with Gasteiger partial charge in [0.25, 0.3) is 0 Å². The summed E-state index contributed by atoms with van der Waals surface area (Å²) in [5, 5.41) is 8.31. The minimum atomic E-state index is -0.591. The number of ketones is 1. The number of carbonyl (C=O) groups excluding carboxylic acids is 4. The van der Waals surface area contributed by atoms with Crippen LogP contribution < -0.4 is 21.7 Å². The highest BCUT2D eigenvalue weighted by Gasteiger charge is 2.14. The summed E-state index contributed by atoms with van der Waals surface area (Å²) in [5.41, 5.74) is 5.77. The van der Waals surface area contributed by atoms with Crippen LogP contribution in [0.3, 0.4) is 0 Å². The van der Waals surface area contributed by atoms with Crippen molar-refractivity contribution in [3.05, 3.63) is 0 Å². The summed E-state index contributed by atoms with van der Waals surface area (Å²) in [6.07, 6.45) is 0.582. The van der Waals surface area contributed by atoms with Crippen LogP contribution in [0.1, 0.15) is 47.0 Å². The summed E-state index contributed by atoms with van der Waals surface area (Å²) in [5.74, 6) is -0.130. The van der Waals surface area contributed by atoms with Crippen molar-refractivity contribution >= 4 is 35.3 Å². The van der Waals surface area contributed by atoms with Gasteiger partial charge in [-0.15, -0.1) is 0 Å². The van der Waals surface area contributed by atoms with Crippen LogP contribution in [0.2, 0.25) is 0 Å². The predicted octanol–water partition coefficient (Wildman–Crippen LogP) is 0.199. The van der Waals surface area contributed by atoms with Crippen LogP contribution in [0.4, 0.5) is 0 Å². The third-order valence-corrected chi connectivity index (χ3v) is 4.83. The third-order valence-electron chi connectivity index (χ3n) is 3.61. The van der Waals surface area contributed by atoms with Gasteiger partial charge in [0.05, 0.1) is 6.04 Å². The number of nitrogens with two attached hydrogens (primary N) is 1. The van der Waals surface area contributed by atoms with E-state index in [1.54, 1.807) is 11.8 Å². The number of thioether (sulfide) groups is 1. The van der Waals surface area contributed by atoms with Crippen molar-refractivity contribution in [3.8, 4) is 0 Å². The summed E-state index contributed by atoms with van der Waals surface area (Å²) < 4.78 is 0. The standard InChI is InChI=1S/C18H34N4O4S/c1-12(2)15(23)5-8-20-16(24)6-9-21-17(25)7-10-22-18(26)14(19)11-27-13(3)4/h12-14H,5-11,19H2,1-4H3,(H,20,24)(H,21,25)(H,22,26)/t14-/m1/s1. The van der Waals surface area contributed by atoms with Gasteiger partial charge in [-0.25, -0.2) is 0 Å². The molecule has 8 nitrogen and oxygen atoms in total. The van der Waals surface area contributed by atoms with Gasteiger partial charge in [0.1, 0.15) is 5.78 Å². The van der Waals surface area contributed by atoms with Gasteiger partial charge in [0.15, 0.2) is 0 Å². The number of Topliss-reactive ketones (excluding diaryl/α,β-unsaturated/α-hetero) is 1. The van der Waals surface area contributed by atoms with Gasteiger partial charge in [-0.2, -0.15) is 11.8 Å². The largest absolute Gasteiger partial charge is 0.356 e. The molecule has 9 heteroatoms. The number of rotatable bonds is 14. The SMILES string of the molecule is CC(C)SC[C@@H](N)C(=O)NCCC(=O)NCCC(=O)NCCC(=O)C(C)C. The second kappa shape index (κ2) is 14.4. The zero-order valence-electron chi connectivity index (χ0n) is 16.8. The lowest BCUT2D eigenvalue weighted by molar-refractivity contribution is -0.123. The first-order valence-corrected chi connectivity index (χ1v) is 10.4. The Hall–Kier alpha value is -1.61. The molecule has 0 saturated heterocycles. The first-order valence-electron chi connectivity index (χ1n) is 9.34. The predicted molar refractivity (Wildman–Crippen MR) is 108 cm³/mol. The van der Waals surface area contributed by atoms with E-state index in [1.165, 1.54) is 0 Å². The molecule has 0 aromatic heterocycles. The molecule has 0 heterocycles. The molecule has 0 spiro atoms. The fourth-order valence-electron chi connectivity index (χ4n) is 1.91. The van der Waals surface area contributed by atoms with Crippen molar-refractivity contribution < 1.29 is 19.2 Å². The zero-order chi connectivity index (χ0) is 20.8. The number of hydrogen-bond acceptors (Lipinski definition) is 6. The Morgan fingerprint density at radius 1 is 0.815 bits per heavy atom. The number of carbonyl (C=O) groups is 4. The van der Waals surface area contributed by atoms with Crippen LogP contribution in [0, 0.1) is 5.92 Å². The molecule has 0 bridgehead atoms. The van der Waals surface area contributed by atoms with Crippen LogP contribution in [0.15, 0.2) is 0 Å². The molecule has 0 fully saturated rings. The van der Waals surface area contributed by atoms with Gasteiger partial charge in [0.2, 0.25) is 17.7 Å². The molecule has 1 atom stereocenters. The fraction of sp³-hybridized carbons (Fsp3) is 0.778. The summed E-state index contributed by atoms with van der Waals surface area (Å²) in [4.78, 5) is 46.5. The Kier molecular flexibility index (Phi) is 13.6. The second-order valence-corrected chi connectivity index (χ2v) is 8.46. The van der Waals surface area contributed by atoms with Crippen molar-refractivity contribution in [1.29, 1.82) is 0 Å². The molecular weight excluding hydrogens is 368 g/mol. The Morgan fingerprint density at radius 3 is 1.78 bits per heavy atom. The van der Waals surface area contributed by atoms with Crippen LogP contribution in [0.5, 0.6) is 0 Å². The van der Waals surface area contributed by atoms with Crippen molar-refractivity contribution in [2.24, 2.45) is 11.7 Å².